The van der Waals surface area contributed by atoms with Crippen molar-refractivity contribution in [2.75, 3.05) is 4.90 Å². The Morgan fingerprint density at radius 2 is 1.23 bits per heavy atom. The van der Waals surface area contributed by atoms with Gasteiger partial charge in [0.25, 0.3) is 0 Å². The van der Waals surface area contributed by atoms with E-state index in [4.69, 9.17) is 17.3 Å². The molecule has 0 radical (unpaired) electrons. The molecule has 3 aromatic rings. The molecule has 4 aliphatic rings. The van der Waals surface area contributed by atoms with Crippen molar-refractivity contribution in [3.05, 3.63) is 99.6 Å². The van der Waals surface area contributed by atoms with Gasteiger partial charge in [0.15, 0.2) is 0 Å². The van der Waals surface area contributed by atoms with Gasteiger partial charge in [-0.25, -0.2) is 4.90 Å². The maximum Gasteiger partial charge on any atom is 0.248 e. The van der Waals surface area contributed by atoms with E-state index in [0.29, 0.717) is 0 Å². The summed E-state index contributed by atoms with van der Waals surface area (Å²) in [5, 5.41) is 0.229. The van der Waals surface area contributed by atoms with Crippen LogP contribution in [-0.2, 0) is 9.59 Å². The summed E-state index contributed by atoms with van der Waals surface area (Å²) in [5.41, 5.74) is 10.2. The summed E-state index contributed by atoms with van der Waals surface area (Å²) in [7, 11) is 0. The molecular weight excluding hydrogens is 412 g/mol. The number of hydrogen-bond donors (Lipinski definition) is 1. The minimum atomic E-state index is -0.644. The van der Waals surface area contributed by atoms with Gasteiger partial charge < -0.3 is 5.73 Å². The van der Waals surface area contributed by atoms with Crippen LogP contribution in [0.3, 0.4) is 0 Å². The van der Waals surface area contributed by atoms with Gasteiger partial charge in [-0.2, -0.15) is 0 Å². The molecule has 31 heavy (non-hydrogen) atoms. The summed E-state index contributed by atoms with van der Waals surface area (Å²) in [6.07, 6.45) is 0. The Morgan fingerprint density at radius 1 is 0.774 bits per heavy atom. The number of imide groups is 1. The number of benzene rings is 3. The molecular formula is C25H17ClN2O3. The summed E-state index contributed by atoms with van der Waals surface area (Å²) in [6, 6.07) is 20.5. The maximum atomic E-state index is 13.7. The molecule has 1 heterocycles. The zero-order chi connectivity index (χ0) is 21.4. The number of halogens is 1. The van der Waals surface area contributed by atoms with Gasteiger partial charge in [0, 0.05) is 17.4 Å². The number of hydrogen-bond acceptors (Lipinski definition) is 3. The fourth-order valence-electron chi connectivity index (χ4n) is 5.75. The molecule has 0 saturated carbocycles. The Morgan fingerprint density at radius 3 is 1.65 bits per heavy atom. The van der Waals surface area contributed by atoms with Crippen LogP contribution in [0.15, 0.2) is 66.7 Å². The highest BCUT2D eigenvalue weighted by atomic mass is 35.5. The first kappa shape index (κ1) is 18.3. The number of amides is 3. The minimum absolute atomic E-state index is 0.193. The van der Waals surface area contributed by atoms with E-state index < -0.39 is 17.7 Å². The van der Waals surface area contributed by atoms with Gasteiger partial charge in [0.2, 0.25) is 17.7 Å². The third kappa shape index (κ3) is 2.29. The quantitative estimate of drug-likeness (QED) is 0.630. The van der Waals surface area contributed by atoms with Crippen LogP contribution in [0.1, 0.15) is 44.4 Å². The first-order chi connectivity index (χ1) is 15.0. The normalized spacial score (nSPS) is 25.3. The standard InChI is InChI=1S/C25H17ClN2O3/c26-17-10-9-12(23(27)29)11-18(17)28-24(30)21-19-13-5-1-2-6-14(13)20(22(21)25(28)31)16-8-4-3-7-15(16)19/h1-11,19-22H,(H2,27,29)/t19?,20?,21-,22-/m1/s1. The highest BCUT2D eigenvalue weighted by molar-refractivity contribution is 6.36. The number of rotatable bonds is 2. The molecule has 1 fully saturated rings. The predicted octanol–water partition coefficient (Wildman–Crippen LogP) is 3.84. The molecule has 2 atom stereocenters. The van der Waals surface area contributed by atoms with Crippen LogP contribution >= 0.6 is 11.6 Å². The van der Waals surface area contributed by atoms with Gasteiger partial charge in [0.1, 0.15) is 0 Å². The molecule has 152 valence electrons. The molecule has 5 nitrogen and oxygen atoms in total. The first-order valence-corrected chi connectivity index (χ1v) is 10.5. The molecule has 3 aliphatic carbocycles. The Hall–Kier alpha value is -3.44. The van der Waals surface area contributed by atoms with Gasteiger partial charge in [-0.05, 0) is 40.5 Å². The van der Waals surface area contributed by atoms with Gasteiger partial charge in [-0.15, -0.1) is 0 Å². The zero-order valence-corrected chi connectivity index (χ0v) is 17.0. The maximum absolute atomic E-state index is 13.7. The fraction of sp³-hybridized carbons (Fsp3) is 0.160. The van der Waals surface area contributed by atoms with E-state index in [2.05, 4.69) is 24.3 Å². The van der Waals surface area contributed by atoms with E-state index >= 15 is 0 Å². The lowest BCUT2D eigenvalue weighted by atomic mass is 9.55. The van der Waals surface area contributed by atoms with Crippen molar-refractivity contribution >= 4 is 35.0 Å². The highest BCUT2D eigenvalue weighted by Crippen LogP contribution is 2.61. The van der Waals surface area contributed by atoms with Gasteiger partial charge in [0.05, 0.1) is 22.5 Å². The van der Waals surface area contributed by atoms with Gasteiger partial charge in [-0.1, -0.05) is 60.1 Å². The van der Waals surface area contributed by atoms with Crippen LogP contribution in [0.2, 0.25) is 5.02 Å². The number of nitrogens with two attached hydrogens (primary N) is 1. The van der Waals surface area contributed by atoms with Crippen molar-refractivity contribution in [1.82, 2.24) is 0 Å². The lowest BCUT2D eigenvalue weighted by Crippen LogP contribution is -2.41. The van der Waals surface area contributed by atoms with Crippen LogP contribution < -0.4 is 10.6 Å². The number of nitrogens with zero attached hydrogens (tertiary/aromatic N) is 1. The van der Waals surface area contributed by atoms with Crippen molar-refractivity contribution in [3.8, 4) is 0 Å². The van der Waals surface area contributed by atoms with Crippen LogP contribution in [0.4, 0.5) is 5.69 Å². The summed E-state index contributed by atoms with van der Waals surface area (Å²) in [5.74, 6) is -2.60. The predicted molar refractivity (Wildman–Crippen MR) is 116 cm³/mol. The number of primary amides is 1. The Balaban J connectivity index is 1.56. The lowest BCUT2D eigenvalue weighted by Gasteiger charge is -2.45. The average Bonchev–Trinajstić information content (AvgIpc) is 3.05. The largest absolute Gasteiger partial charge is 0.366 e. The summed E-state index contributed by atoms with van der Waals surface area (Å²) < 4.78 is 0. The van der Waals surface area contributed by atoms with Crippen LogP contribution in [0.25, 0.3) is 0 Å². The second-order valence-corrected chi connectivity index (χ2v) is 8.71. The SMILES string of the molecule is NC(=O)c1ccc(Cl)c(N2C(=O)[C@@H]3C4c5ccccc5C(c5ccccc54)[C@H]3C2=O)c1. The van der Waals surface area contributed by atoms with E-state index in [1.165, 1.54) is 23.1 Å². The number of carbonyl (C=O) groups excluding carboxylic acids is 3. The van der Waals surface area contributed by atoms with E-state index in [1.807, 2.05) is 24.3 Å². The zero-order valence-electron chi connectivity index (χ0n) is 16.3. The summed E-state index contributed by atoms with van der Waals surface area (Å²) in [4.78, 5) is 40.3. The van der Waals surface area contributed by atoms with Gasteiger partial charge in [-0.3, -0.25) is 14.4 Å². The molecule has 3 aromatic carbocycles. The molecule has 0 aromatic heterocycles. The Bertz CT molecular complexity index is 1200. The molecule has 0 spiro atoms. The molecule has 2 bridgehead atoms. The topological polar surface area (TPSA) is 80.5 Å². The van der Waals surface area contributed by atoms with Crippen LogP contribution in [0, 0.1) is 11.8 Å². The highest BCUT2D eigenvalue weighted by Gasteiger charge is 2.61. The third-order valence-electron chi connectivity index (χ3n) is 6.92. The van der Waals surface area contributed by atoms with Crippen molar-refractivity contribution in [1.29, 1.82) is 0 Å². The fourth-order valence-corrected chi connectivity index (χ4v) is 5.95. The van der Waals surface area contributed by atoms with Crippen LogP contribution in [-0.4, -0.2) is 17.7 Å². The van der Waals surface area contributed by atoms with Crippen molar-refractivity contribution in [3.63, 3.8) is 0 Å². The Labute approximate surface area is 183 Å². The molecule has 7 rings (SSSR count). The monoisotopic (exact) mass is 428 g/mol. The van der Waals surface area contributed by atoms with Crippen molar-refractivity contribution in [2.24, 2.45) is 17.6 Å². The van der Waals surface area contributed by atoms with Gasteiger partial charge >= 0.3 is 0 Å². The van der Waals surface area contributed by atoms with E-state index in [1.54, 1.807) is 0 Å². The van der Waals surface area contributed by atoms with Crippen molar-refractivity contribution in [2.45, 2.75) is 11.8 Å². The second-order valence-electron chi connectivity index (χ2n) is 8.31. The van der Waals surface area contributed by atoms with E-state index in [-0.39, 0.29) is 39.9 Å². The molecule has 3 amide bonds. The minimum Gasteiger partial charge on any atom is -0.366 e. The summed E-state index contributed by atoms with van der Waals surface area (Å²) >= 11 is 6.38. The van der Waals surface area contributed by atoms with Crippen molar-refractivity contribution < 1.29 is 14.4 Å². The number of anilines is 1. The lowest BCUT2D eigenvalue weighted by molar-refractivity contribution is -0.122. The Kier molecular flexibility index (Phi) is 3.72. The van der Waals surface area contributed by atoms with E-state index in [0.717, 1.165) is 22.3 Å². The second kappa shape index (κ2) is 6.28. The third-order valence-corrected chi connectivity index (χ3v) is 7.24. The van der Waals surface area contributed by atoms with Crippen LogP contribution in [0.5, 0.6) is 0 Å². The van der Waals surface area contributed by atoms with E-state index in [9.17, 15) is 14.4 Å². The molecule has 1 saturated heterocycles. The molecule has 1 aliphatic heterocycles. The number of carbonyl (C=O) groups is 3. The summed E-state index contributed by atoms with van der Waals surface area (Å²) in [6.45, 7) is 0. The first-order valence-electron chi connectivity index (χ1n) is 10.1. The molecule has 0 unspecified atom stereocenters. The average molecular weight is 429 g/mol. The molecule has 6 heteroatoms. The smallest absolute Gasteiger partial charge is 0.248 e. The molecule has 2 N–H and O–H groups in total.